The minimum absolute atomic E-state index is 0.0343. The average molecular weight is 639 g/mol. The van der Waals surface area contributed by atoms with Gasteiger partial charge in [0.1, 0.15) is 30.2 Å². The Kier molecular flexibility index (Phi) is 13.7. The zero-order valence-corrected chi connectivity index (χ0v) is 27.3. The van der Waals surface area contributed by atoms with Crippen molar-refractivity contribution >= 4 is 5.78 Å². The Balaban J connectivity index is 1.45. The van der Waals surface area contributed by atoms with Crippen molar-refractivity contribution in [2.75, 3.05) is 13.7 Å². The van der Waals surface area contributed by atoms with E-state index in [2.05, 4.69) is 0 Å². The molecule has 47 heavy (non-hydrogen) atoms. The number of methoxy groups -OCH3 is 1. The topological polar surface area (TPSA) is 72.5 Å². The van der Waals surface area contributed by atoms with E-state index in [9.17, 15) is 4.79 Å². The van der Waals surface area contributed by atoms with Crippen molar-refractivity contribution in [3.05, 3.63) is 144 Å². The minimum Gasteiger partial charge on any atom is -0.381 e. The molecule has 5 rings (SSSR count). The van der Waals surface area contributed by atoms with Gasteiger partial charge in [0.2, 0.25) is 0 Å². The Labute approximate surface area is 278 Å². The van der Waals surface area contributed by atoms with Crippen LogP contribution in [0.2, 0.25) is 0 Å². The average Bonchev–Trinajstić information content (AvgIpc) is 3.11. The summed E-state index contributed by atoms with van der Waals surface area (Å²) < 4.78 is 38.5. The summed E-state index contributed by atoms with van der Waals surface area (Å²) in [5.41, 5.74) is 4.14. The molecule has 0 bridgehead atoms. The summed E-state index contributed by atoms with van der Waals surface area (Å²) in [6.07, 6.45) is -2.56. The number of ketones is 1. The van der Waals surface area contributed by atoms with Crippen molar-refractivity contribution in [2.45, 2.75) is 82.8 Å². The molecule has 4 aromatic carbocycles. The van der Waals surface area contributed by atoms with Crippen LogP contribution in [0, 0.1) is 0 Å². The summed E-state index contributed by atoms with van der Waals surface area (Å²) in [5, 5.41) is 0. The number of Topliss-reactive ketones (excluding diaryl/α,β-unsaturated/α-hetero) is 1. The summed E-state index contributed by atoms with van der Waals surface area (Å²) in [6, 6.07) is 40.1. The fourth-order valence-electron chi connectivity index (χ4n) is 5.76. The lowest BCUT2D eigenvalue weighted by atomic mass is 9.90. The number of hydrogen-bond donors (Lipinski definition) is 0. The van der Waals surface area contributed by atoms with Crippen molar-refractivity contribution in [1.29, 1.82) is 0 Å². The van der Waals surface area contributed by atoms with Crippen LogP contribution in [-0.4, -0.2) is 56.1 Å². The first kappa shape index (κ1) is 34.6. The van der Waals surface area contributed by atoms with E-state index in [-0.39, 0.29) is 31.3 Å². The maximum absolute atomic E-state index is 13.4. The molecule has 0 saturated carbocycles. The molecule has 0 aliphatic carbocycles. The van der Waals surface area contributed by atoms with Crippen molar-refractivity contribution in [3.63, 3.8) is 0 Å². The van der Waals surface area contributed by atoms with Crippen LogP contribution in [0.1, 0.15) is 42.0 Å². The highest BCUT2D eigenvalue weighted by Crippen LogP contribution is 2.33. The van der Waals surface area contributed by atoms with Gasteiger partial charge in [-0.05, 0) is 29.2 Å². The Bertz CT molecular complexity index is 1430. The van der Waals surface area contributed by atoms with E-state index < -0.39 is 30.5 Å². The molecule has 1 heterocycles. The minimum atomic E-state index is -0.591. The summed E-state index contributed by atoms with van der Waals surface area (Å²) >= 11 is 0. The maximum Gasteiger partial charge on any atom is 0.138 e. The van der Waals surface area contributed by atoms with E-state index in [0.29, 0.717) is 26.4 Å². The van der Waals surface area contributed by atoms with Gasteiger partial charge >= 0.3 is 0 Å². The van der Waals surface area contributed by atoms with Gasteiger partial charge in [-0.25, -0.2) is 0 Å². The molecule has 4 aromatic rings. The smallest absolute Gasteiger partial charge is 0.138 e. The molecule has 0 aromatic heterocycles. The van der Waals surface area contributed by atoms with Crippen LogP contribution in [0.3, 0.4) is 0 Å². The summed E-state index contributed by atoms with van der Waals surface area (Å²) in [7, 11) is 1.61. The fourth-order valence-corrected chi connectivity index (χ4v) is 5.76. The first-order valence-corrected chi connectivity index (χ1v) is 16.4. The number of hydrogen-bond acceptors (Lipinski definition) is 7. The molecule has 6 atom stereocenters. The number of rotatable bonds is 18. The van der Waals surface area contributed by atoms with Crippen molar-refractivity contribution in [1.82, 2.24) is 0 Å². The summed E-state index contributed by atoms with van der Waals surface area (Å²) in [6.45, 7) is 3.60. The highest BCUT2D eigenvalue weighted by molar-refractivity contribution is 5.79. The Hall–Kier alpha value is -3.69. The van der Waals surface area contributed by atoms with E-state index in [1.807, 2.05) is 128 Å². The second kappa shape index (κ2) is 18.6. The molecule has 7 heteroatoms. The molecular formula is C40H46O7. The molecular weight excluding hydrogens is 592 g/mol. The van der Waals surface area contributed by atoms with Crippen molar-refractivity contribution in [3.8, 4) is 0 Å². The molecule has 0 amide bonds. The third-order valence-electron chi connectivity index (χ3n) is 8.33. The Morgan fingerprint density at radius 3 is 1.45 bits per heavy atom. The van der Waals surface area contributed by atoms with Gasteiger partial charge in [0, 0.05) is 20.0 Å². The Morgan fingerprint density at radius 1 is 0.596 bits per heavy atom. The number of carbonyl (C=O) groups is 1. The molecule has 1 fully saturated rings. The van der Waals surface area contributed by atoms with Gasteiger partial charge in [-0.2, -0.15) is 0 Å². The van der Waals surface area contributed by atoms with Crippen molar-refractivity contribution < 1.29 is 33.2 Å². The van der Waals surface area contributed by atoms with Gasteiger partial charge < -0.3 is 28.4 Å². The van der Waals surface area contributed by atoms with E-state index in [1.165, 1.54) is 0 Å². The maximum atomic E-state index is 13.4. The second-order valence-electron chi connectivity index (χ2n) is 12.0. The van der Waals surface area contributed by atoms with Gasteiger partial charge in [0.15, 0.2) is 0 Å². The molecule has 1 saturated heterocycles. The zero-order chi connectivity index (χ0) is 32.7. The lowest BCUT2D eigenvalue weighted by Gasteiger charge is -2.46. The van der Waals surface area contributed by atoms with Gasteiger partial charge in [-0.3, -0.25) is 4.79 Å². The zero-order valence-electron chi connectivity index (χ0n) is 27.3. The fraction of sp³-hybridized carbons (Fsp3) is 0.375. The van der Waals surface area contributed by atoms with Gasteiger partial charge in [0.25, 0.3) is 0 Å². The van der Waals surface area contributed by atoms with Crippen LogP contribution >= 0.6 is 0 Å². The number of carbonyl (C=O) groups excluding carboxylic acids is 1. The molecule has 1 aliphatic rings. The molecule has 0 spiro atoms. The first-order chi connectivity index (χ1) is 23.1. The normalized spacial score (nSPS) is 21.7. The number of benzene rings is 4. The lowest BCUT2D eigenvalue weighted by Crippen LogP contribution is -2.61. The molecule has 0 radical (unpaired) electrons. The SMILES string of the molecule is CO[C@@H](C)CC(=O)C[C@@H]1O[C@H](COCc2ccccc2)[C@H](OCc2ccccc2)[C@H](OCc2ccccc2)[C@H]1OCc1ccccc1. The lowest BCUT2D eigenvalue weighted by molar-refractivity contribution is -0.272. The molecule has 1 aliphatic heterocycles. The van der Waals surface area contributed by atoms with Crippen LogP contribution in [0.5, 0.6) is 0 Å². The van der Waals surface area contributed by atoms with Gasteiger partial charge in [0.05, 0.1) is 45.2 Å². The van der Waals surface area contributed by atoms with Crippen LogP contribution < -0.4 is 0 Å². The van der Waals surface area contributed by atoms with E-state index in [0.717, 1.165) is 22.3 Å². The van der Waals surface area contributed by atoms with Gasteiger partial charge in [-0.1, -0.05) is 121 Å². The molecule has 248 valence electrons. The number of ether oxygens (including phenoxy) is 6. The summed E-state index contributed by atoms with van der Waals surface area (Å²) in [4.78, 5) is 13.4. The summed E-state index contributed by atoms with van der Waals surface area (Å²) in [5.74, 6) is 0.0343. The predicted molar refractivity (Wildman–Crippen MR) is 181 cm³/mol. The van der Waals surface area contributed by atoms with Crippen LogP contribution in [0.4, 0.5) is 0 Å². The quantitative estimate of drug-likeness (QED) is 0.115. The van der Waals surface area contributed by atoms with E-state index in [1.54, 1.807) is 7.11 Å². The Morgan fingerprint density at radius 2 is 1.00 bits per heavy atom. The highest BCUT2D eigenvalue weighted by Gasteiger charge is 2.49. The second-order valence-corrected chi connectivity index (χ2v) is 12.0. The third kappa shape index (κ3) is 10.9. The van der Waals surface area contributed by atoms with Crippen LogP contribution in [0.15, 0.2) is 121 Å². The van der Waals surface area contributed by atoms with E-state index in [4.69, 9.17) is 28.4 Å². The van der Waals surface area contributed by atoms with E-state index >= 15 is 0 Å². The predicted octanol–water partition coefficient (Wildman–Crippen LogP) is 7.11. The first-order valence-electron chi connectivity index (χ1n) is 16.4. The van der Waals surface area contributed by atoms with Crippen LogP contribution in [0.25, 0.3) is 0 Å². The standard InChI is InChI=1S/C40H46O7/c1-30(42-2)23-35(41)24-36-38(44-26-32-17-9-4-10-18-32)40(46-28-34-21-13-6-14-22-34)39(45-27-33-19-11-5-12-20-33)37(47-36)29-43-25-31-15-7-3-8-16-31/h3-22,30,36-40H,23-29H2,1-2H3/t30-,36-,37+,38-,39-,40+/m0/s1. The van der Waals surface area contributed by atoms with Gasteiger partial charge in [-0.15, -0.1) is 0 Å². The third-order valence-corrected chi connectivity index (χ3v) is 8.33. The van der Waals surface area contributed by atoms with Crippen molar-refractivity contribution in [2.24, 2.45) is 0 Å². The molecule has 7 nitrogen and oxygen atoms in total. The monoisotopic (exact) mass is 638 g/mol. The largest absolute Gasteiger partial charge is 0.381 e. The highest BCUT2D eigenvalue weighted by atomic mass is 16.6. The van der Waals surface area contributed by atoms with Crippen LogP contribution in [-0.2, 0) is 59.6 Å². The molecule has 0 unspecified atom stereocenters. The molecule has 0 N–H and O–H groups in total.